The fourth-order valence-corrected chi connectivity index (χ4v) is 3.16. The summed E-state index contributed by atoms with van der Waals surface area (Å²) >= 11 is 0. The molecule has 1 aromatic heterocycles. The lowest BCUT2D eigenvalue weighted by Gasteiger charge is -2.20. The van der Waals surface area contributed by atoms with Crippen molar-refractivity contribution in [3.05, 3.63) is 53.7 Å². The van der Waals surface area contributed by atoms with Gasteiger partial charge in [-0.05, 0) is 30.7 Å². The molecule has 156 valence electrons. The van der Waals surface area contributed by atoms with Crippen LogP contribution in [0.3, 0.4) is 0 Å². The number of pyridine rings is 1. The van der Waals surface area contributed by atoms with Crippen molar-refractivity contribution >= 4 is 11.8 Å². The highest BCUT2D eigenvalue weighted by atomic mass is 19.3. The maximum atomic E-state index is 14.1. The highest BCUT2D eigenvalue weighted by Crippen LogP contribution is 2.23. The number of ether oxygens (including phenoxy) is 1. The van der Waals surface area contributed by atoms with Gasteiger partial charge in [0.15, 0.2) is 17.6 Å². The van der Waals surface area contributed by atoms with E-state index in [1.165, 1.54) is 36.5 Å². The summed E-state index contributed by atoms with van der Waals surface area (Å²) in [5.41, 5.74) is -0.0284. The molecule has 3 rings (SSSR count). The number of benzene rings is 1. The highest BCUT2D eigenvalue weighted by molar-refractivity contribution is 5.80. The second-order valence-corrected chi connectivity index (χ2v) is 6.41. The zero-order valence-electron chi connectivity index (χ0n) is 15.7. The predicted octanol–water partition coefficient (Wildman–Crippen LogP) is 2.91. The van der Waals surface area contributed by atoms with Crippen LogP contribution in [0, 0.1) is 11.6 Å². The lowest BCUT2D eigenvalue weighted by Crippen LogP contribution is -2.44. The lowest BCUT2D eigenvalue weighted by atomic mass is 10.2. The summed E-state index contributed by atoms with van der Waals surface area (Å²) in [6, 6.07) is 6.59. The number of guanidine groups is 1. The van der Waals surface area contributed by atoms with Gasteiger partial charge in [-0.15, -0.1) is 0 Å². The van der Waals surface area contributed by atoms with E-state index in [0.29, 0.717) is 24.9 Å². The molecule has 1 aromatic carbocycles. The van der Waals surface area contributed by atoms with Gasteiger partial charge in [-0.2, -0.15) is 8.78 Å². The summed E-state index contributed by atoms with van der Waals surface area (Å²) in [6.45, 7) is -2.03. The largest absolute Gasteiger partial charge is 0.434 e. The maximum absolute atomic E-state index is 14.1. The summed E-state index contributed by atoms with van der Waals surface area (Å²) in [7, 11) is 1.54. The van der Waals surface area contributed by atoms with Crippen LogP contribution >= 0.6 is 0 Å². The minimum absolute atomic E-state index is 0.0284. The van der Waals surface area contributed by atoms with E-state index in [2.05, 4.69) is 25.3 Å². The Balaban J connectivity index is 1.59. The van der Waals surface area contributed by atoms with E-state index in [4.69, 9.17) is 0 Å². The zero-order valence-corrected chi connectivity index (χ0v) is 15.7. The summed E-state index contributed by atoms with van der Waals surface area (Å²) < 4.78 is 57.4. The van der Waals surface area contributed by atoms with Crippen LogP contribution in [-0.2, 0) is 6.54 Å². The van der Waals surface area contributed by atoms with Crippen molar-refractivity contribution in [2.75, 3.05) is 25.0 Å². The van der Waals surface area contributed by atoms with Gasteiger partial charge < -0.3 is 20.3 Å². The van der Waals surface area contributed by atoms with E-state index >= 15 is 0 Å². The van der Waals surface area contributed by atoms with Crippen LogP contribution in [0.1, 0.15) is 12.0 Å². The van der Waals surface area contributed by atoms with E-state index < -0.39 is 12.4 Å². The van der Waals surface area contributed by atoms with Crippen LogP contribution in [0.4, 0.5) is 23.4 Å². The molecule has 10 heteroatoms. The van der Waals surface area contributed by atoms with Gasteiger partial charge in [-0.1, -0.05) is 6.07 Å². The Labute approximate surface area is 165 Å². The molecule has 1 aliphatic heterocycles. The van der Waals surface area contributed by atoms with E-state index in [0.717, 1.165) is 6.42 Å². The quantitative estimate of drug-likeness (QED) is 0.435. The fraction of sp³-hybridized carbons (Fsp3) is 0.368. The number of aromatic nitrogens is 1. The molecule has 0 spiro atoms. The molecule has 1 saturated heterocycles. The molecular formula is C19H21F4N5O. The van der Waals surface area contributed by atoms with E-state index in [9.17, 15) is 17.6 Å². The molecule has 1 atom stereocenters. The highest BCUT2D eigenvalue weighted by Gasteiger charge is 2.26. The minimum atomic E-state index is -3.05. The van der Waals surface area contributed by atoms with Crippen LogP contribution < -0.4 is 20.3 Å². The normalized spacial score (nSPS) is 17.0. The number of aliphatic imine (C=N–C) groups is 1. The summed E-state index contributed by atoms with van der Waals surface area (Å²) in [6.07, 6.45) is 2.25. The van der Waals surface area contributed by atoms with E-state index in [1.54, 1.807) is 7.05 Å². The molecule has 29 heavy (non-hydrogen) atoms. The van der Waals surface area contributed by atoms with Gasteiger partial charge in [0.2, 0.25) is 0 Å². The zero-order chi connectivity index (χ0) is 20.8. The van der Waals surface area contributed by atoms with E-state index in [1.807, 2.05) is 4.90 Å². The molecule has 0 amide bonds. The lowest BCUT2D eigenvalue weighted by molar-refractivity contribution is -0.0506. The van der Waals surface area contributed by atoms with Crippen LogP contribution in [0.2, 0.25) is 0 Å². The van der Waals surface area contributed by atoms with Crippen LogP contribution in [0.15, 0.2) is 41.5 Å². The Bertz CT molecular complexity index is 864. The Kier molecular flexibility index (Phi) is 6.73. The monoisotopic (exact) mass is 411 g/mol. The van der Waals surface area contributed by atoms with Crippen LogP contribution in [0.5, 0.6) is 5.75 Å². The first-order valence-electron chi connectivity index (χ1n) is 9.02. The first-order valence-corrected chi connectivity index (χ1v) is 9.02. The summed E-state index contributed by atoms with van der Waals surface area (Å²) in [5, 5.41) is 6.07. The smallest absolute Gasteiger partial charge is 0.387 e. The third-order valence-corrected chi connectivity index (χ3v) is 4.52. The molecule has 2 aromatic rings. The SMILES string of the molecule is CN=C(NCc1c(F)cccc1OC(F)F)NC1CCN(c2ncccc2F)C1. The van der Waals surface area contributed by atoms with Crippen molar-refractivity contribution in [2.24, 2.45) is 4.99 Å². The molecule has 2 heterocycles. The van der Waals surface area contributed by atoms with Crippen molar-refractivity contribution in [3.8, 4) is 5.75 Å². The van der Waals surface area contributed by atoms with Gasteiger partial charge >= 0.3 is 6.61 Å². The molecule has 0 radical (unpaired) electrons. The Morgan fingerprint density at radius 1 is 1.28 bits per heavy atom. The van der Waals surface area contributed by atoms with Crippen molar-refractivity contribution in [2.45, 2.75) is 25.6 Å². The van der Waals surface area contributed by atoms with Crippen molar-refractivity contribution < 1.29 is 22.3 Å². The fourth-order valence-electron chi connectivity index (χ4n) is 3.16. The van der Waals surface area contributed by atoms with Gasteiger partial charge in [0.05, 0.1) is 0 Å². The van der Waals surface area contributed by atoms with Crippen LogP contribution in [0.25, 0.3) is 0 Å². The van der Waals surface area contributed by atoms with E-state index in [-0.39, 0.29) is 29.7 Å². The Morgan fingerprint density at radius 3 is 2.79 bits per heavy atom. The molecule has 2 N–H and O–H groups in total. The minimum Gasteiger partial charge on any atom is -0.434 e. The number of hydrogen-bond acceptors (Lipinski definition) is 4. The van der Waals surface area contributed by atoms with Gasteiger partial charge in [0.1, 0.15) is 11.6 Å². The molecule has 1 fully saturated rings. The number of anilines is 1. The van der Waals surface area contributed by atoms with Crippen LogP contribution in [-0.4, -0.2) is 43.7 Å². The number of halogens is 4. The third-order valence-electron chi connectivity index (χ3n) is 4.52. The average Bonchev–Trinajstić information content (AvgIpc) is 3.14. The Morgan fingerprint density at radius 2 is 2.07 bits per heavy atom. The topological polar surface area (TPSA) is 61.8 Å². The van der Waals surface area contributed by atoms with Gasteiger partial charge in [-0.25, -0.2) is 13.8 Å². The summed E-state index contributed by atoms with van der Waals surface area (Å²) in [5.74, 6) is -0.629. The number of nitrogens with zero attached hydrogens (tertiary/aromatic N) is 3. The van der Waals surface area contributed by atoms with Gasteiger partial charge in [-0.3, -0.25) is 4.99 Å². The van der Waals surface area contributed by atoms with Crippen molar-refractivity contribution in [1.82, 2.24) is 15.6 Å². The molecule has 0 aliphatic carbocycles. The maximum Gasteiger partial charge on any atom is 0.387 e. The van der Waals surface area contributed by atoms with Gasteiger partial charge in [0.25, 0.3) is 0 Å². The number of nitrogens with one attached hydrogen (secondary N) is 2. The number of hydrogen-bond donors (Lipinski definition) is 2. The first kappa shape index (κ1) is 20.7. The third kappa shape index (κ3) is 5.27. The second kappa shape index (κ2) is 9.44. The molecule has 0 saturated carbocycles. The standard InChI is InChI=1S/C19H21F4N5O/c1-24-19(26-10-13-14(20)4-2-6-16(13)29-18(22)23)27-12-7-9-28(11-12)17-15(21)5-3-8-25-17/h2-6,8,12,18H,7,9-11H2,1H3,(H2,24,26,27). The number of alkyl halides is 2. The van der Waals surface area contributed by atoms with Gasteiger partial charge in [0, 0.05) is 44.5 Å². The molecule has 6 nitrogen and oxygen atoms in total. The molecular weight excluding hydrogens is 390 g/mol. The second-order valence-electron chi connectivity index (χ2n) is 6.41. The molecule has 1 unspecified atom stereocenters. The molecule has 1 aliphatic rings. The Hall–Kier alpha value is -3.04. The summed E-state index contributed by atoms with van der Waals surface area (Å²) in [4.78, 5) is 9.98. The van der Waals surface area contributed by atoms with Crippen molar-refractivity contribution in [1.29, 1.82) is 0 Å². The average molecular weight is 411 g/mol. The van der Waals surface area contributed by atoms with Crippen molar-refractivity contribution in [3.63, 3.8) is 0 Å². The first-order chi connectivity index (χ1) is 14.0. The predicted molar refractivity (Wildman–Crippen MR) is 101 cm³/mol. The molecule has 0 bridgehead atoms. The number of rotatable bonds is 6.